The van der Waals surface area contributed by atoms with Gasteiger partial charge in [0.15, 0.2) is 0 Å². The van der Waals surface area contributed by atoms with Crippen LogP contribution in [0.1, 0.15) is 48.3 Å². The number of nitrogens with zero attached hydrogens (tertiary/aromatic N) is 2. The molecule has 0 aliphatic carbocycles. The number of benzene rings is 1. The SMILES string of the molecule is CCCCOc1ccc2c(c1)c(C(=O)OCC)c(C)n2Cc1cccnc1. The molecule has 3 rings (SSSR count). The fourth-order valence-corrected chi connectivity index (χ4v) is 3.22. The van der Waals surface area contributed by atoms with Crippen molar-refractivity contribution in [1.29, 1.82) is 0 Å². The van der Waals surface area contributed by atoms with Crippen molar-refractivity contribution in [3.05, 3.63) is 59.5 Å². The van der Waals surface area contributed by atoms with Crippen LogP contribution in [0.15, 0.2) is 42.7 Å². The molecule has 0 amide bonds. The summed E-state index contributed by atoms with van der Waals surface area (Å²) in [6, 6.07) is 9.88. The topological polar surface area (TPSA) is 53.4 Å². The van der Waals surface area contributed by atoms with Crippen molar-refractivity contribution in [2.75, 3.05) is 13.2 Å². The predicted octanol–water partition coefficient (Wildman–Crippen LogP) is 4.75. The van der Waals surface area contributed by atoms with Crippen LogP contribution < -0.4 is 4.74 Å². The number of aromatic nitrogens is 2. The maximum Gasteiger partial charge on any atom is 0.340 e. The van der Waals surface area contributed by atoms with Crippen molar-refractivity contribution in [3.63, 3.8) is 0 Å². The smallest absolute Gasteiger partial charge is 0.340 e. The van der Waals surface area contributed by atoms with Crippen molar-refractivity contribution < 1.29 is 14.3 Å². The average molecular weight is 366 g/mol. The van der Waals surface area contributed by atoms with Crippen molar-refractivity contribution in [3.8, 4) is 5.75 Å². The van der Waals surface area contributed by atoms with Gasteiger partial charge in [-0.05, 0) is 50.1 Å². The van der Waals surface area contributed by atoms with E-state index < -0.39 is 0 Å². The van der Waals surface area contributed by atoms with E-state index in [9.17, 15) is 4.79 Å². The van der Waals surface area contributed by atoms with Gasteiger partial charge in [0, 0.05) is 35.5 Å². The molecule has 0 saturated carbocycles. The van der Waals surface area contributed by atoms with Gasteiger partial charge in [-0.2, -0.15) is 0 Å². The molecule has 142 valence electrons. The third-order valence-corrected chi connectivity index (χ3v) is 4.60. The number of carbonyl (C=O) groups is 1. The lowest BCUT2D eigenvalue weighted by Gasteiger charge is -2.09. The first kappa shape index (κ1) is 19.0. The molecule has 27 heavy (non-hydrogen) atoms. The molecule has 2 aromatic heterocycles. The Morgan fingerprint density at radius 3 is 2.78 bits per heavy atom. The molecule has 0 fully saturated rings. The number of ether oxygens (including phenoxy) is 2. The van der Waals surface area contributed by atoms with Gasteiger partial charge in [-0.25, -0.2) is 4.79 Å². The van der Waals surface area contributed by atoms with E-state index >= 15 is 0 Å². The summed E-state index contributed by atoms with van der Waals surface area (Å²) in [5, 5.41) is 0.865. The molecule has 0 N–H and O–H groups in total. The van der Waals surface area contributed by atoms with E-state index in [1.54, 1.807) is 6.20 Å². The summed E-state index contributed by atoms with van der Waals surface area (Å²) in [6.45, 7) is 7.58. The van der Waals surface area contributed by atoms with E-state index in [1.165, 1.54) is 0 Å². The lowest BCUT2D eigenvalue weighted by Crippen LogP contribution is -2.08. The van der Waals surface area contributed by atoms with Crippen molar-refractivity contribution in [2.24, 2.45) is 0 Å². The Morgan fingerprint density at radius 2 is 2.07 bits per heavy atom. The van der Waals surface area contributed by atoms with Crippen LogP contribution in [0.3, 0.4) is 0 Å². The van der Waals surface area contributed by atoms with E-state index in [4.69, 9.17) is 9.47 Å². The Balaban J connectivity index is 2.06. The highest BCUT2D eigenvalue weighted by molar-refractivity contribution is 6.06. The Bertz CT molecular complexity index is 916. The number of fused-ring (bicyclic) bond motifs is 1. The minimum Gasteiger partial charge on any atom is -0.494 e. The van der Waals surface area contributed by atoms with Crippen LogP contribution in [-0.4, -0.2) is 28.7 Å². The Kier molecular flexibility index (Phi) is 6.12. The minimum atomic E-state index is -0.296. The number of carbonyl (C=O) groups excluding carboxylic acids is 1. The molecule has 1 aromatic carbocycles. The van der Waals surface area contributed by atoms with Gasteiger partial charge in [0.25, 0.3) is 0 Å². The van der Waals surface area contributed by atoms with Gasteiger partial charge in [0.05, 0.1) is 18.8 Å². The standard InChI is InChI=1S/C22H26N2O3/c1-4-6-12-27-18-9-10-20-19(13-18)21(22(25)26-5-2)16(3)24(20)15-17-8-7-11-23-14-17/h7-11,13-14H,4-6,12,15H2,1-3H3. The first-order chi connectivity index (χ1) is 13.2. The highest BCUT2D eigenvalue weighted by Gasteiger charge is 2.21. The fraction of sp³-hybridized carbons (Fsp3) is 0.364. The maximum atomic E-state index is 12.6. The molecule has 0 saturated heterocycles. The Labute approximate surface area is 159 Å². The molecule has 5 nitrogen and oxygen atoms in total. The number of esters is 1. The van der Waals surface area contributed by atoms with Gasteiger partial charge in [-0.1, -0.05) is 19.4 Å². The average Bonchev–Trinajstić information content (AvgIpc) is 2.94. The molecule has 0 bridgehead atoms. The second-order valence-corrected chi connectivity index (χ2v) is 6.51. The summed E-state index contributed by atoms with van der Waals surface area (Å²) in [7, 11) is 0. The van der Waals surface area contributed by atoms with Crippen molar-refractivity contribution >= 4 is 16.9 Å². The van der Waals surface area contributed by atoms with Gasteiger partial charge in [-0.3, -0.25) is 4.98 Å². The lowest BCUT2D eigenvalue weighted by molar-refractivity contribution is 0.0527. The van der Waals surface area contributed by atoms with Crippen LogP contribution in [0, 0.1) is 6.92 Å². The molecule has 5 heteroatoms. The quantitative estimate of drug-likeness (QED) is 0.426. The van der Waals surface area contributed by atoms with E-state index in [1.807, 2.05) is 50.4 Å². The third kappa shape index (κ3) is 4.13. The van der Waals surface area contributed by atoms with Crippen LogP contribution in [0.2, 0.25) is 0 Å². The first-order valence-corrected chi connectivity index (χ1v) is 9.47. The van der Waals surface area contributed by atoms with Gasteiger partial charge in [0.2, 0.25) is 0 Å². The normalized spacial score (nSPS) is 10.9. The van der Waals surface area contributed by atoms with E-state index in [0.717, 1.165) is 40.8 Å². The van der Waals surface area contributed by atoms with E-state index in [0.29, 0.717) is 25.3 Å². The van der Waals surface area contributed by atoms with E-state index in [2.05, 4.69) is 16.5 Å². The van der Waals surface area contributed by atoms with Crippen LogP contribution in [0.4, 0.5) is 0 Å². The second-order valence-electron chi connectivity index (χ2n) is 6.51. The van der Waals surface area contributed by atoms with Crippen LogP contribution >= 0.6 is 0 Å². The molecule has 0 aliphatic heterocycles. The molecular weight excluding hydrogens is 340 g/mol. The number of unbranched alkanes of at least 4 members (excludes halogenated alkanes) is 1. The summed E-state index contributed by atoms with van der Waals surface area (Å²) < 4.78 is 13.3. The first-order valence-electron chi connectivity index (χ1n) is 9.47. The number of hydrogen-bond acceptors (Lipinski definition) is 4. The Hall–Kier alpha value is -2.82. The zero-order valence-corrected chi connectivity index (χ0v) is 16.2. The number of rotatable bonds is 8. The highest BCUT2D eigenvalue weighted by atomic mass is 16.5. The number of pyridine rings is 1. The highest BCUT2D eigenvalue weighted by Crippen LogP contribution is 2.31. The molecule has 0 unspecified atom stereocenters. The van der Waals surface area contributed by atoms with Gasteiger partial charge >= 0.3 is 5.97 Å². The molecule has 0 aliphatic rings. The van der Waals surface area contributed by atoms with Gasteiger partial charge < -0.3 is 14.0 Å². The predicted molar refractivity (Wildman–Crippen MR) is 106 cm³/mol. The monoisotopic (exact) mass is 366 g/mol. The minimum absolute atomic E-state index is 0.296. The second kappa shape index (κ2) is 8.71. The van der Waals surface area contributed by atoms with Crippen LogP contribution in [0.25, 0.3) is 10.9 Å². The van der Waals surface area contributed by atoms with Gasteiger partial charge in [-0.15, -0.1) is 0 Å². The maximum absolute atomic E-state index is 12.6. The molecule has 0 spiro atoms. The zero-order valence-electron chi connectivity index (χ0n) is 16.2. The van der Waals surface area contributed by atoms with Crippen LogP contribution in [-0.2, 0) is 11.3 Å². The fourth-order valence-electron chi connectivity index (χ4n) is 3.22. The molecule has 0 radical (unpaired) electrons. The molecular formula is C22H26N2O3. The van der Waals surface area contributed by atoms with Crippen LogP contribution in [0.5, 0.6) is 5.75 Å². The molecule has 0 atom stereocenters. The van der Waals surface area contributed by atoms with E-state index in [-0.39, 0.29) is 5.97 Å². The summed E-state index contributed by atoms with van der Waals surface area (Å²) in [4.78, 5) is 16.8. The third-order valence-electron chi connectivity index (χ3n) is 4.60. The van der Waals surface area contributed by atoms with Crippen molar-refractivity contribution in [1.82, 2.24) is 9.55 Å². The summed E-state index contributed by atoms with van der Waals surface area (Å²) in [5.74, 6) is 0.482. The number of hydrogen-bond donors (Lipinski definition) is 0. The summed E-state index contributed by atoms with van der Waals surface area (Å²) in [6.07, 6.45) is 5.69. The summed E-state index contributed by atoms with van der Waals surface area (Å²) >= 11 is 0. The molecule has 2 heterocycles. The molecule has 3 aromatic rings. The van der Waals surface area contributed by atoms with Crippen molar-refractivity contribution in [2.45, 2.75) is 40.2 Å². The Morgan fingerprint density at radius 1 is 1.22 bits per heavy atom. The lowest BCUT2D eigenvalue weighted by atomic mass is 10.1. The largest absolute Gasteiger partial charge is 0.494 e. The van der Waals surface area contributed by atoms with Gasteiger partial charge in [0.1, 0.15) is 5.75 Å². The zero-order chi connectivity index (χ0) is 19.2. The summed E-state index contributed by atoms with van der Waals surface area (Å²) in [5.41, 5.74) is 3.56.